The number of fused-ring (bicyclic) bond motifs is 1. The van der Waals surface area contributed by atoms with Crippen LogP contribution in [0.4, 0.5) is 5.69 Å². The largest absolute Gasteiger partial charge is 0.347 e. The molecular formula is C17H19N5O3S. The Morgan fingerprint density at radius 1 is 1.15 bits per heavy atom. The van der Waals surface area contributed by atoms with Gasteiger partial charge in [-0.3, -0.25) is 13.5 Å². The van der Waals surface area contributed by atoms with Gasteiger partial charge in [0.1, 0.15) is 6.54 Å². The number of aromatic nitrogens is 3. The molecule has 0 bridgehead atoms. The predicted octanol–water partition coefficient (Wildman–Crippen LogP) is 1.12. The molecule has 0 aliphatic carbocycles. The van der Waals surface area contributed by atoms with E-state index in [1.54, 1.807) is 35.7 Å². The van der Waals surface area contributed by atoms with Gasteiger partial charge in [0.2, 0.25) is 15.9 Å². The summed E-state index contributed by atoms with van der Waals surface area (Å²) >= 11 is 0. The maximum Gasteiger partial charge on any atom is 0.241 e. The van der Waals surface area contributed by atoms with Crippen molar-refractivity contribution < 1.29 is 13.2 Å². The third-order valence-corrected chi connectivity index (χ3v) is 5.03. The molecule has 0 atom stereocenters. The van der Waals surface area contributed by atoms with Crippen LogP contribution in [0.1, 0.15) is 11.4 Å². The fourth-order valence-electron chi connectivity index (χ4n) is 2.60. The summed E-state index contributed by atoms with van der Waals surface area (Å²) in [6.07, 6.45) is 2.88. The van der Waals surface area contributed by atoms with Crippen molar-refractivity contribution >= 4 is 27.3 Å². The van der Waals surface area contributed by atoms with E-state index in [4.69, 9.17) is 0 Å². The number of hydrogen-bond donors (Lipinski definition) is 1. The Kier molecular flexibility index (Phi) is 4.90. The van der Waals surface area contributed by atoms with E-state index >= 15 is 0 Å². The van der Waals surface area contributed by atoms with Gasteiger partial charge < -0.3 is 5.32 Å². The average Bonchev–Trinajstić information content (AvgIpc) is 3.01. The number of carbonyl (C=O) groups is 1. The van der Waals surface area contributed by atoms with Crippen molar-refractivity contribution in [3.05, 3.63) is 60.0 Å². The van der Waals surface area contributed by atoms with Crippen molar-refractivity contribution in [2.24, 2.45) is 0 Å². The second kappa shape index (κ2) is 7.12. The molecule has 2 heterocycles. The first kappa shape index (κ1) is 17.9. The molecule has 26 heavy (non-hydrogen) atoms. The number of sulfonamides is 1. The highest BCUT2D eigenvalue weighted by atomic mass is 32.2. The summed E-state index contributed by atoms with van der Waals surface area (Å²) < 4.78 is 27.2. The number of benzene rings is 1. The van der Waals surface area contributed by atoms with Gasteiger partial charge in [-0.25, -0.2) is 8.42 Å². The van der Waals surface area contributed by atoms with Crippen LogP contribution in [-0.4, -0.2) is 41.7 Å². The van der Waals surface area contributed by atoms with E-state index in [0.717, 1.165) is 16.1 Å². The van der Waals surface area contributed by atoms with Gasteiger partial charge in [0.05, 0.1) is 18.5 Å². The molecule has 9 heteroatoms. The second-order valence-electron chi connectivity index (χ2n) is 5.88. The number of hydrogen-bond acceptors (Lipinski definition) is 5. The van der Waals surface area contributed by atoms with Crippen molar-refractivity contribution in [1.29, 1.82) is 0 Å². The lowest BCUT2D eigenvalue weighted by Crippen LogP contribution is -2.40. The van der Waals surface area contributed by atoms with Crippen molar-refractivity contribution in [2.75, 3.05) is 17.1 Å². The lowest BCUT2D eigenvalue weighted by atomic mass is 10.2. The molecular weight excluding hydrogens is 354 g/mol. The molecule has 0 spiro atoms. The fraction of sp³-hybridized carbons (Fsp3) is 0.235. The molecule has 0 aliphatic rings. The van der Waals surface area contributed by atoms with Crippen molar-refractivity contribution in [3.8, 4) is 0 Å². The van der Waals surface area contributed by atoms with E-state index in [1.807, 2.05) is 24.3 Å². The first-order valence-corrected chi connectivity index (χ1v) is 9.80. The number of anilines is 1. The van der Waals surface area contributed by atoms with Crippen LogP contribution in [-0.2, 0) is 21.4 Å². The topological polar surface area (TPSA) is 96.7 Å². The Morgan fingerprint density at radius 3 is 2.62 bits per heavy atom. The minimum Gasteiger partial charge on any atom is -0.347 e. The van der Waals surface area contributed by atoms with Crippen LogP contribution < -0.4 is 9.62 Å². The highest BCUT2D eigenvalue weighted by Crippen LogP contribution is 2.21. The van der Waals surface area contributed by atoms with E-state index in [1.165, 1.54) is 0 Å². The Morgan fingerprint density at radius 2 is 1.88 bits per heavy atom. The summed E-state index contributed by atoms with van der Waals surface area (Å²) in [5.41, 5.74) is 1.93. The summed E-state index contributed by atoms with van der Waals surface area (Å²) in [6.45, 7) is 1.64. The zero-order valence-corrected chi connectivity index (χ0v) is 15.3. The van der Waals surface area contributed by atoms with E-state index in [2.05, 4.69) is 15.5 Å². The highest BCUT2D eigenvalue weighted by molar-refractivity contribution is 7.92. The van der Waals surface area contributed by atoms with Gasteiger partial charge in [0.25, 0.3) is 0 Å². The minimum atomic E-state index is -3.60. The molecule has 2 aromatic heterocycles. The van der Waals surface area contributed by atoms with Gasteiger partial charge in [-0.1, -0.05) is 24.3 Å². The normalized spacial score (nSPS) is 11.5. The van der Waals surface area contributed by atoms with Gasteiger partial charge in [0, 0.05) is 6.20 Å². The number of nitrogens with one attached hydrogen (secondary N) is 1. The van der Waals surface area contributed by atoms with Gasteiger partial charge in [-0.05, 0) is 30.7 Å². The van der Waals surface area contributed by atoms with Gasteiger partial charge in [-0.15, -0.1) is 10.2 Å². The van der Waals surface area contributed by atoms with Crippen LogP contribution in [0.25, 0.3) is 5.65 Å². The van der Waals surface area contributed by atoms with Crippen LogP contribution in [0.15, 0.2) is 48.7 Å². The number of para-hydroxylation sites is 1. The smallest absolute Gasteiger partial charge is 0.241 e. The minimum absolute atomic E-state index is 0.148. The molecule has 3 aromatic rings. The Hall–Kier alpha value is -2.94. The molecule has 136 valence electrons. The standard InChI is InChI=1S/C17H19N5O3S/c1-13-7-3-4-8-14(13)22(26(2,24)25)12-17(23)18-11-16-20-19-15-9-5-6-10-21(15)16/h3-10H,11-12H2,1-2H3,(H,18,23). The SMILES string of the molecule is Cc1ccccc1N(CC(=O)NCc1nnc2ccccn12)S(C)(=O)=O. The summed E-state index contributed by atoms with van der Waals surface area (Å²) in [5, 5.41) is 10.7. The van der Waals surface area contributed by atoms with Gasteiger partial charge >= 0.3 is 0 Å². The molecule has 0 fully saturated rings. The molecule has 0 radical (unpaired) electrons. The number of pyridine rings is 1. The maximum absolute atomic E-state index is 12.3. The molecule has 1 aromatic carbocycles. The number of amides is 1. The Balaban J connectivity index is 1.74. The second-order valence-corrected chi connectivity index (χ2v) is 7.78. The van der Waals surface area contributed by atoms with Crippen LogP contribution in [0.3, 0.4) is 0 Å². The Labute approximate surface area is 151 Å². The average molecular weight is 373 g/mol. The molecule has 0 saturated heterocycles. The van der Waals surface area contributed by atoms with Crippen LogP contribution in [0.2, 0.25) is 0 Å². The molecule has 3 rings (SSSR count). The van der Waals surface area contributed by atoms with Crippen LogP contribution >= 0.6 is 0 Å². The first-order valence-electron chi connectivity index (χ1n) is 7.95. The van der Waals surface area contributed by atoms with E-state index in [9.17, 15) is 13.2 Å². The number of rotatable bonds is 6. The van der Waals surface area contributed by atoms with Crippen LogP contribution in [0.5, 0.6) is 0 Å². The Bertz CT molecular complexity index is 1050. The van der Waals surface area contributed by atoms with E-state index < -0.39 is 15.9 Å². The highest BCUT2D eigenvalue weighted by Gasteiger charge is 2.22. The third kappa shape index (κ3) is 3.83. The maximum atomic E-state index is 12.3. The predicted molar refractivity (Wildman–Crippen MR) is 98.2 cm³/mol. The van der Waals surface area contributed by atoms with Crippen molar-refractivity contribution in [3.63, 3.8) is 0 Å². The molecule has 0 unspecified atom stereocenters. The third-order valence-electron chi connectivity index (χ3n) is 3.90. The van der Waals surface area contributed by atoms with Crippen LogP contribution in [0, 0.1) is 6.92 Å². The van der Waals surface area contributed by atoms with Crippen molar-refractivity contribution in [2.45, 2.75) is 13.5 Å². The molecule has 0 aliphatic heterocycles. The van der Waals surface area contributed by atoms with Crippen molar-refractivity contribution in [1.82, 2.24) is 19.9 Å². The molecule has 8 nitrogen and oxygen atoms in total. The number of aryl methyl sites for hydroxylation is 1. The van der Waals surface area contributed by atoms with Gasteiger partial charge in [-0.2, -0.15) is 0 Å². The summed E-state index contributed by atoms with van der Waals surface area (Å²) in [6, 6.07) is 12.5. The van der Waals surface area contributed by atoms with E-state index in [-0.39, 0.29) is 13.1 Å². The fourth-order valence-corrected chi connectivity index (χ4v) is 3.51. The lowest BCUT2D eigenvalue weighted by Gasteiger charge is -2.23. The molecule has 1 N–H and O–H groups in total. The van der Waals surface area contributed by atoms with E-state index in [0.29, 0.717) is 17.2 Å². The van der Waals surface area contributed by atoms with Gasteiger partial charge in [0.15, 0.2) is 11.5 Å². The monoisotopic (exact) mass is 373 g/mol. The number of carbonyl (C=O) groups excluding carboxylic acids is 1. The summed E-state index contributed by atoms with van der Waals surface area (Å²) in [5.74, 6) is 0.141. The first-order chi connectivity index (χ1) is 12.4. The molecule has 1 amide bonds. The molecule has 0 saturated carbocycles. The zero-order chi connectivity index (χ0) is 18.7. The zero-order valence-electron chi connectivity index (χ0n) is 14.5. The summed E-state index contributed by atoms with van der Waals surface area (Å²) in [4.78, 5) is 12.3. The summed E-state index contributed by atoms with van der Waals surface area (Å²) in [7, 11) is -3.60. The quantitative estimate of drug-likeness (QED) is 0.698. The lowest BCUT2D eigenvalue weighted by molar-refractivity contribution is -0.119. The number of nitrogens with zero attached hydrogens (tertiary/aromatic N) is 4.